The molecule has 0 fully saturated rings. The second kappa shape index (κ2) is 11.2. The van der Waals surface area contributed by atoms with Gasteiger partial charge in [-0.05, 0) is 73.3 Å². The van der Waals surface area contributed by atoms with Gasteiger partial charge in [0.15, 0.2) is 15.4 Å². The molecule has 0 radical (unpaired) electrons. The molecule has 184 valence electrons. The Balaban J connectivity index is 1.37. The molecule has 37 heavy (non-hydrogen) atoms. The van der Waals surface area contributed by atoms with Gasteiger partial charge in [-0.3, -0.25) is 5.32 Å². The molecule has 5 aromatic rings. The molecule has 0 spiro atoms. The fourth-order valence-electron chi connectivity index (χ4n) is 3.34. The minimum absolute atomic E-state index is 0.230. The average Bonchev–Trinajstić information content (AvgIpc) is 3.26. The van der Waals surface area contributed by atoms with Gasteiger partial charge in [-0.25, -0.2) is 4.98 Å². The molecule has 5 N–H and O–H groups in total. The topological polar surface area (TPSA) is 112 Å². The first-order valence-electron chi connectivity index (χ1n) is 11.2. The highest BCUT2D eigenvalue weighted by Crippen LogP contribution is 2.27. The number of nitrogens with zero attached hydrogens (tertiary/aromatic N) is 4. The van der Waals surface area contributed by atoms with Gasteiger partial charge >= 0.3 is 0 Å². The maximum absolute atomic E-state index is 5.48. The van der Waals surface area contributed by atoms with Gasteiger partial charge in [0.25, 0.3) is 0 Å². The predicted molar refractivity (Wildman–Crippen MR) is 160 cm³/mol. The molecule has 12 heteroatoms. The number of thiocarbonyl (C=S) groups is 2. The third kappa shape index (κ3) is 6.70. The zero-order chi connectivity index (χ0) is 25.6. The molecule has 2 aromatic heterocycles. The van der Waals surface area contributed by atoms with Crippen LogP contribution >= 0.6 is 35.8 Å². The Morgan fingerprint density at radius 1 is 0.649 bits per heavy atom. The van der Waals surface area contributed by atoms with Crippen molar-refractivity contribution in [3.63, 3.8) is 0 Å². The molecule has 0 saturated carbocycles. The molecule has 0 saturated heterocycles. The van der Waals surface area contributed by atoms with Crippen molar-refractivity contribution in [2.45, 2.75) is 6.92 Å². The molecule has 0 unspecified atom stereocenters. The van der Waals surface area contributed by atoms with Crippen molar-refractivity contribution < 1.29 is 0 Å². The molecule has 3 aromatic carbocycles. The van der Waals surface area contributed by atoms with E-state index >= 15 is 0 Å². The first-order valence-corrected chi connectivity index (χ1v) is 12.8. The van der Waals surface area contributed by atoms with Crippen LogP contribution in [0.5, 0.6) is 0 Å². The molecule has 0 atom stereocenters. The quantitative estimate of drug-likeness (QED) is 0.159. The van der Waals surface area contributed by atoms with Crippen LogP contribution in [0.3, 0.4) is 0 Å². The van der Waals surface area contributed by atoms with E-state index in [1.54, 1.807) is 0 Å². The highest BCUT2D eigenvalue weighted by atomic mass is 32.1. The lowest BCUT2D eigenvalue weighted by Crippen LogP contribution is -2.24. The number of fused-ring (bicyclic) bond motifs is 1. The monoisotopic (exact) mass is 543 g/mol. The van der Waals surface area contributed by atoms with Gasteiger partial charge in [0.05, 0.1) is 10.2 Å². The van der Waals surface area contributed by atoms with Gasteiger partial charge in [-0.1, -0.05) is 53.8 Å². The van der Waals surface area contributed by atoms with E-state index in [0.717, 1.165) is 27.2 Å². The molecular formula is C25H21N9S3. The highest BCUT2D eigenvalue weighted by Gasteiger charge is 2.12. The summed E-state index contributed by atoms with van der Waals surface area (Å²) in [6, 6.07) is 25.3. The zero-order valence-corrected chi connectivity index (χ0v) is 22.0. The third-order valence-electron chi connectivity index (χ3n) is 4.91. The van der Waals surface area contributed by atoms with E-state index in [1.807, 2.05) is 85.8 Å². The van der Waals surface area contributed by atoms with Crippen molar-refractivity contribution in [2.24, 2.45) is 0 Å². The molecular weight excluding hydrogens is 523 g/mol. The van der Waals surface area contributed by atoms with Crippen LogP contribution in [0.4, 0.5) is 34.4 Å². The van der Waals surface area contributed by atoms with Gasteiger partial charge in [0.2, 0.25) is 17.8 Å². The maximum Gasteiger partial charge on any atom is 0.235 e. The second-order valence-electron chi connectivity index (χ2n) is 7.81. The lowest BCUT2D eigenvalue weighted by Gasteiger charge is -2.13. The maximum atomic E-state index is 5.48. The number of para-hydroxylation sites is 2. The van der Waals surface area contributed by atoms with Crippen LogP contribution in [0.15, 0.2) is 78.9 Å². The zero-order valence-electron chi connectivity index (χ0n) is 19.5. The number of rotatable bonds is 6. The average molecular weight is 544 g/mol. The normalized spacial score (nSPS) is 10.5. The van der Waals surface area contributed by atoms with Crippen molar-refractivity contribution in [2.75, 3.05) is 26.6 Å². The van der Waals surface area contributed by atoms with Gasteiger partial charge in [-0.15, -0.1) is 0 Å². The van der Waals surface area contributed by atoms with E-state index in [1.165, 1.54) is 11.3 Å². The number of thiazole rings is 1. The van der Waals surface area contributed by atoms with Crippen LogP contribution in [-0.2, 0) is 0 Å². The van der Waals surface area contributed by atoms with Gasteiger partial charge in [0.1, 0.15) is 0 Å². The Morgan fingerprint density at radius 2 is 1.27 bits per heavy atom. The van der Waals surface area contributed by atoms with Crippen LogP contribution in [-0.4, -0.2) is 30.2 Å². The second-order valence-corrected chi connectivity index (χ2v) is 9.66. The summed E-state index contributed by atoms with van der Waals surface area (Å²) in [4.78, 5) is 18.0. The van der Waals surface area contributed by atoms with Crippen LogP contribution in [0.1, 0.15) is 5.56 Å². The van der Waals surface area contributed by atoms with Crippen molar-refractivity contribution in [3.8, 4) is 0 Å². The van der Waals surface area contributed by atoms with E-state index in [-0.39, 0.29) is 17.8 Å². The van der Waals surface area contributed by atoms with Gasteiger partial charge in [0, 0.05) is 11.4 Å². The number of benzene rings is 3. The number of aromatic nitrogens is 4. The number of anilines is 6. The SMILES string of the molecule is Cc1cccc(NC(=S)Nc2nc(NC(=S)Nc3ccccc3)nc(Nc3nc4ccccc4s3)n2)c1. The summed E-state index contributed by atoms with van der Waals surface area (Å²) < 4.78 is 1.05. The summed E-state index contributed by atoms with van der Waals surface area (Å²) in [7, 11) is 0. The van der Waals surface area contributed by atoms with Gasteiger partial charge in [-0.2, -0.15) is 15.0 Å². The van der Waals surface area contributed by atoms with Gasteiger partial charge < -0.3 is 21.3 Å². The summed E-state index contributed by atoms with van der Waals surface area (Å²) in [6.07, 6.45) is 0. The first-order chi connectivity index (χ1) is 18.0. The lowest BCUT2D eigenvalue weighted by atomic mass is 10.2. The summed E-state index contributed by atoms with van der Waals surface area (Å²) in [5, 5.41) is 16.8. The van der Waals surface area contributed by atoms with Crippen LogP contribution in [0.2, 0.25) is 0 Å². The molecule has 0 aliphatic carbocycles. The van der Waals surface area contributed by atoms with Crippen LogP contribution in [0.25, 0.3) is 10.2 Å². The number of nitrogens with one attached hydrogen (secondary N) is 5. The smallest absolute Gasteiger partial charge is 0.235 e. The molecule has 0 aliphatic heterocycles. The summed E-state index contributed by atoms with van der Waals surface area (Å²) >= 11 is 12.4. The largest absolute Gasteiger partial charge is 0.332 e. The summed E-state index contributed by atoms with van der Waals surface area (Å²) in [5.41, 5.74) is 3.69. The number of aryl methyl sites for hydroxylation is 1. The number of hydrogen-bond acceptors (Lipinski definition) is 8. The van der Waals surface area contributed by atoms with E-state index in [0.29, 0.717) is 15.4 Å². The Morgan fingerprint density at radius 3 is 1.97 bits per heavy atom. The standard InChI is InChI=1S/C25H21N9S3/c1-15-8-7-11-17(14-15)27-24(36)33-21-29-20(32-23(35)26-16-9-3-2-4-10-16)30-22(31-21)34-25-28-18-12-5-6-13-19(18)37-25/h2-14H,1H3,(H5,26,27,28,29,30,31,32,33,34,35,36). The van der Waals surface area contributed by atoms with Crippen molar-refractivity contribution in [3.05, 3.63) is 84.4 Å². The van der Waals surface area contributed by atoms with E-state index < -0.39 is 0 Å². The third-order valence-corrected chi connectivity index (χ3v) is 6.27. The van der Waals surface area contributed by atoms with Crippen LogP contribution in [0, 0.1) is 6.92 Å². The van der Waals surface area contributed by atoms with Crippen molar-refractivity contribution in [1.82, 2.24) is 19.9 Å². The van der Waals surface area contributed by atoms with Crippen molar-refractivity contribution >= 4 is 90.6 Å². The Kier molecular flexibility index (Phi) is 7.40. The van der Waals surface area contributed by atoms with E-state index in [9.17, 15) is 0 Å². The molecule has 0 bridgehead atoms. The van der Waals surface area contributed by atoms with E-state index in [4.69, 9.17) is 24.4 Å². The summed E-state index contributed by atoms with van der Waals surface area (Å²) in [6.45, 7) is 2.01. The van der Waals surface area contributed by atoms with E-state index in [2.05, 4.69) is 46.5 Å². The fourth-order valence-corrected chi connectivity index (χ4v) is 4.61. The molecule has 0 aliphatic rings. The Labute approximate surface area is 227 Å². The van der Waals surface area contributed by atoms with Crippen molar-refractivity contribution in [1.29, 1.82) is 0 Å². The minimum atomic E-state index is 0.230. The Bertz CT molecular complexity index is 1540. The Hall–Kier alpha value is -4.26. The highest BCUT2D eigenvalue weighted by molar-refractivity contribution is 7.81. The molecule has 2 heterocycles. The fraction of sp³-hybridized carbons (Fsp3) is 0.0400. The lowest BCUT2D eigenvalue weighted by molar-refractivity contribution is 1.07. The predicted octanol–water partition coefficient (Wildman–Crippen LogP) is 6.15. The molecule has 5 rings (SSSR count). The van der Waals surface area contributed by atoms with Crippen LogP contribution < -0.4 is 26.6 Å². The molecule has 9 nitrogen and oxygen atoms in total. The number of hydrogen-bond donors (Lipinski definition) is 5. The molecule has 0 amide bonds. The first kappa shape index (κ1) is 24.4. The minimum Gasteiger partial charge on any atom is -0.332 e. The summed E-state index contributed by atoms with van der Waals surface area (Å²) in [5.74, 6) is 0.738.